The summed E-state index contributed by atoms with van der Waals surface area (Å²) in [7, 11) is 0. The summed E-state index contributed by atoms with van der Waals surface area (Å²) in [6.07, 6.45) is 1.63. The van der Waals surface area contributed by atoms with Crippen LogP contribution in [0.2, 0.25) is 0 Å². The van der Waals surface area contributed by atoms with Crippen LogP contribution in [0.1, 0.15) is 27.7 Å². The van der Waals surface area contributed by atoms with E-state index in [-0.39, 0.29) is 0 Å². The fourth-order valence-corrected chi connectivity index (χ4v) is 2.22. The number of nitrogens with one attached hydrogen (secondary N) is 1. The largest absolute Gasteiger partial charge is 0.369 e. The molecule has 0 aromatic carbocycles. The Morgan fingerprint density at radius 3 is 2.82 bits per heavy atom. The monoisotopic (exact) mass is 249 g/mol. The second-order valence-corrected chi connectivity index (χ2v) is 6.40. The van der Waals surface area contributed by atoms with Gasteiger partial charge in [-0.05, 0) is 22.8 Å². The Hall–Kier alpha value is -1.16. The van der Waals surface area contributed by atoms with Crippen molar-refractivity contribution in [2.24, 2.45) is 11.3 Å². The van der Waals surface area contributed by atoms with Gasteiger partial charge in [0.25, 0.3) is 0 Å². The smallest absolute Gasteiger partial charge is 0.138 e. The van der Waals surface area contributed by atoms with Gasteiger partial charge in [0.05, 0.1) is 5.39 Å². The lowest BCUT2D eigenvalue weighted by Crippen LogP contribution is -2.25. The summed E-state index contributed by atoms with van der Waals surface area (Å²) in [5, 5.41) is 6.61. The van der Waals surface area contributed by atoms with Crippen molar-refractivity contribution < 1.29 is 0 Å². The summed E-state index contributed by atoms with van der Waals surface area (Å²) in [4.78, 5) is 9.61. The van der Waals surface area contributed by atoms with E-state index in [2.05, 4.69) is 54.4 Å². The molecule has 0 saturated carbocycles. The second-order valence-electron chi connectivity index (χ2n) is 5.51. The molecule has 1 N–H and O–H groups in total. The molecule has 2 heterocycles. The zero-order chi connectivity index (χ0) is 12.5. The molecule has 2 aromatic heterocycles. The highest BCUT2D eigenvalue weighted by Crippen LogP contribution is 2.27. The standard InChI is InChI=1S/C13H19N3S/c1-9(13(2,3)4)7-14-11-10-5-6-17-12(10)16-8-15-11/h5-6,8-9H,7H2,1-4H3,(H,14,15,16). The molecule has 2 rings (SSSR count). The van der Waals surface area contributed by atoms with Gasteiger partial charge in [-0.2, -0.15) is 0 Å². The van der Waals surface area contributed by atoms with E-state index in [4.69, 9.17) is 0 Å². The van der Waals surface area contributed by atoms with Crippen LogP contribution in [-0.2, 0) is 0 Å². The van der Waals surface area contributed by atoms with Crippen LogP contribution in [0, 0.1) is 11.3 Å². The summed E-state index contributed by atoms with van der Waals surface area (Å²) >= 11 is 1.65. The summed E-state index contributed by atoms with van der Waals surface area (Å²) in [5.41, 5.74) is 0.313. The van der Waals surface area contributed by atoms with Gasteiger partial charge in [0.1, 0.15) is 17.0 Å². The molecule has 0 saturated heterocycles. The van der Waals surface area contributed by atoms with Crippen LogP contribution in [0.25, 0.3) is 10.2 Å². The average molecular weight is 249 g/mol. The molecule has 0 aliphatic heterocycles. The van der Waals surface area contributed by atoms with Crippen LogP contribution in [0.5, 0.6) is 0 Å². The van der Waals surface area contributed by atoms with Gasteiger partial charge in [-0.3, -0.25) is 0 Å². The summed E-state index contributed by atoms with van der Waals surface area (Å²) < 4.78 is 0. The van der Waals surface area contributed by atoms with E-state index in [9.17, 15) is 0 Å². The zero-order valence-electron chi connectivity index (χ0n) is 10.8. The molecule has 0 amide bonds. The molecule has 2 aromatic rings. The number of aromatic nitrogens is 2. The molecule has 0 aliphatic carbocycles. The van der Waals surface area contributed by atoms with E-state index in [1.54, 1.807) is 17.7 Å². The first-order valence-electron chi connectivity index (χ1n) is 5.90. The van der Waals surface area contributed by atoms with Crippen molar-refractivity contribution >= 4 is 27.4 Å². The van der Waals surface area contributed by atoms with Crippen LogP contribution in [0.15, 0.2) is 17.8 Å². The van der Waals surface area contributed by atoms with Crippen LogP contribution in [0.4, 0.5) is 5.82 Å². The number of fused-ring (bicyclic) bond motifs is 1. The number of rotatable bonds is 3. The Balaban J connectivity index is 2.12. The third-order valence-corrected chi connectivity index (χ3v) is 4.14. The molecule has 3 nitrogen and oxygen atoms in total. The fourth-order valence-electron chi connectivity index (χ4n) is 1.49. The van der Waals surface area contributed by atoms with Gasteiger partial charge < -0.3 is 5.32 Å². The number of anilines is 1. The van der Waals surface area contributed by atoms with Crippen LogP contribution >= 0.6 is 11.3 Å². The van der Waals surface area contributed by atoms with Gasteiger partial charge in [-0.1, -0.05) is 27.7 Å². The van der Waals surface area contributed by atoms with Gasteiger partial charge in [0.15, 0.2) is 0 Å². The lowest BCUT2D eigenvalue weighted by atomic mass is 9.82. The molecular formula is C13H19N3S. The quantitative estimate of drug-likeness (QED) is 0.899. The highest BCUT2D eigenvalue weighted by Gasteiger charge is 2.19. The van der Waals surface area contributed by atoms with E-state index < -0.39 is 0 Å². The Kier molecular flexibility index (Phi) is 3.33. The molecule has 92 valence electrons. The molecule has 0 aliphatic rings. The second kappa shape index (κ2) is 4.61. The number of nitrogens with zero attached hydrogens (tertiary/aromatic N) is 2. The van der Waals surface area contributed by atoms with E-state index in [1.165, 1.54) is 0 Å². The SMILES string of the molecule is CC(CNc1ncnc2sccc12)C(C)(C)C. The summed E-state index contributed by atoms with van der Waals surface area (Å²) in [6, 6.07) is 2.07. The molecular weight excluding hydrogens is 230 g/mol. The maximum atomic E-state index is 4.32. The highest BCUT2D eigenvalue weighted by molar-refractivity contribution is 7.16. The molecule has 0 radical (unpaired) electrons. The Labute approximate surface area is 106 Å². The Morgan fingerprint density at radius 1 is 1.35 bits per heavy atom. The lowest BCUT2D eigenvalue weighted by molar-refractivity contribution is 0.274. The van der Waals surface area contributed by atoms with E-state index >= 15 is 0 Å². The van der Waals surface area contributed by atoms with Gasteiger partial charge in [-0.25, -0.2) is 9.97 Å². The summed E-state index contributed by atoms with van der Waals surface area (Å²) in [6.45, 7) is 9.99. The topological polar surface area (TPSA) is 37.8 Å². The van der Waals surface area contributed by atoms with Crippen molar-refractivity contribution in [2.45, 2.75) is 27.7 Å². The van der Waals surface area contributed by atoms with Crippen molar-refractivity contribution in [3.8, 4) is 0 Å². The molecule has 1 unspecified atom stereocenters. The van der Waals surface area contributed by atoms with Gasteiger partial charge in [0, 0.05) is 6.54 Å². The summed E-state index contributed by atoms with van der Waals surface area (Å²) in [5.74, 6) is 1.54. The average Bonchev–Trinajstić information content (AvgIpc) is 2.72. The van der Waals surface area contributed by atoms with Crippen molar-refractivity contribution in [2.75, 3.05) is 11.9 Å². The predicted octanol–water partition coefficient (Wildman–Crippen LogP) is 3.79. The molecule has 1 atom stereocenters. The fraction of sp³-hybridized carbons (Fsp3) is 0.538. The predicted molar refractivity (Wildman–Crippen MR) is 74.5 cm³/mol. The van der Waals surface area contributed by atoms with Crippen LogP contribution in [-0.4, -0.2) is 16.5 Å². The van der Waals surface area contributed by atoms with Gasteiger partial charge in [0.2, 0.25) is 0 Å². The molecule has 0 spiro atoms. The first-order chi connectivity index (χ1) is 7.98. The first kappa shape index (κ1) is 12.3. The maximum Gasteiger partial charge on any atom is 0.138 e. The number of hydrogen-bond donors (Lipinski definition) is 1. The Morgan fingerprint density at radius 2 is 2.12 bits per heavy atom. The molecule has 0 bridgehead atoms. The lowest BCUT2D eigenvalue weighted by Gasteiger charge is -2.27. The zero-order valence-corrected chi connectivity index (χ0v) is 11.6. The van der Waals surface area contributed by atoms with Crippen LogP contribution in [0.3, 0.4) is 0 Å². The number of hydrogen-bond acceptors (Lipinski definition) is 4. The van der Waals surface area contributed by atoms with E-state index in [0.717, 1.165) is 22.6 Å². The van der Waals surface area contributed by atoms with Crippen molar-refractivity contribution in [3.05, 3.63) is 17.8 Å². The van der Waals surface area contributed by atoms with Crippen molar-refractivity contribution in [3.63, 3.8) is 0 Å². The minimum absolute atomic E-state index is 0.313. The van der Waals surface area contributed by atoms with Crippen molar-refractivity contribution in [1.82, 2.24) is 9.97 Å². The van der Waals surface area contributed by atoms with Gasteiger partial charge in [-0.15, -0.1) is 11.3 Å². The van der Waals surface area contributed by atoms with E-state index in [0.29, 0.717) is 11.3 Å². The van der Waals surface area contributed by atoms with E-state index in [1.807, 2.05) is 0 Å². The normalized spacial score (nSPS) is 13.9. The molecule has 4 heteroatoms. The highest BCUT2D eigenvalue weighted by atomic mass is 32.1. The Bertz CT molecular complexity index is 499. The number of thiophene rings is 1. The molecule has 0 fully saturated rings. The molecule has 17 heavy (non-hydrogen) atoms. The van der Waals surface area contributed by atoms with Gasteiger partial charge >= 0.3 is 0 Å². The van der Waals surface area contributed by atoms with Crippen molar-refractivity contribution in [1.29, 1.82) is 0 Å². The minimum atomic E-state index is 0.313. The third kappa shape index (κ3) is 2.75. The third-order valence-electron chi connectivity index (χ3n) is 3.32. The maximum absolute atomic E-state index is 4.32. The first-order valence-corrected chi connectivity index (χ1v) is 6.78. The minimum Gasteiger partial charge on any atom is -0.369 e. The van der Waals surface area contributed by atoms with Crippen LogP contribution < -0.4 is 5.32 Å².